The molecule has 0 saturated heterocycles. The maximum absolute atomic E-state index is 13.1. The molecule has 18 heavy (non-hydrogen) atoms. The lowest BCUT2D eigenvalue weighted by Gasteiger charge is -2.27. The van der Waals surface area contributed by atoms with Crippen LogP contribution in [0.25, 0.3) is 0 Å². The summed E-state index contributed by atoms with van der Waals surface area (Å²) in [6.07, 6.45) is 3.56. The van der Waals surface area contributed by atoms with E-state index in [1.807, 2.05) is 7.05 Å². The molecule has 2 N–H and O–H groups in total. The fourth-order valence-electron chi connectivity index (χ4n) is 2.06. The first-order chi connectivity index (χ1) is 8.60. The Hall–Kier alpha value is -0.640. The maximum Gasteiger partial charge on any atom is 0.141 e. The first-order valence-electron chi connectivity index (χ1n) is 6.45. The van der Waals surface area contributed by atoms with Crippen LogP contribution in [0, 0.1) is 5.82 Å². The first kappa shape index (κ1) is 15.4. The molecule has 0 aliphatic heterocycles. The van der Waals surface area contributed by atoms with Crippen LogP contribution in [0.1, 0.15) is 37.8 Å². The largest absolute Gasteiger partial charge is 0.329 e. The van der Waals surface area contributed by atoms with E-state index in [1.165, 1.54) is 18.9 Å². The second-order valence-electron chi connectivity index (χ2n) is 4.61. The van der Waals surface area contributed by atoms with Crippen LogP contribution in [-0.2, 0) is 0 Å². The number of benzene rings is 1. The monoisotopic (exact) mass is 272 g/mol. The van der Waals surface area contributed by atoms with Crippen LogP contribution in [0.5, 0.6) is 0 Å². The van der Waals surface area contributed by atoms with Gasteiger partial charge in [-0.15, -0.1) is 0 Å². The van der Waals surface area contributed by atoms with E-state index in [9.17, 15) is 4.39 Å². The van der Waals surface area contributed by atoms with Gasteiger partial charge in [0, 0.05) is 12.6 Å². The summed E-state index contributed by atoms with van der Waals surface area (Å²) in [6, 6.07) is 4.93. The third-order valence-electron chi connectivity index (χ3n) is 3.20. The van der Waals surface area contributed by atoms with Crippen molar-refractivity contribution in [3.8, 4) is 0 Å². The van der Waals surface area contributed by atoms with Gasteiger partial charge in [-0.3, -0.25) is 4.90 Å². The summed E-state index contributed by atoms with van der Waals surface area (Å²) in [5.74, 6) is -0.384. The number of halogens is 2. The van der Waals surface area contributed by atoms with Crippen molar-refractivity contribution in [2.75, 3.05) is 20.1 Å². The van der Waals surface area contributed by atoms with Gasteiger partial charge in [0.2, 0.25) is 0 Å². The number of nitrogens with zero attached hydrogens (tertiary/aromatic N) is 1. The predicted octanol–water partition coefficient (Wildman–Crippen LogP) is 3.60. The average Bonchev–Trinajstić information content (AvgIpc) is 2.35. The highest BCUT2D eigenvalue weighted by molar-refractivity contribution is 6.30. The summed E-state index contributed by atoms with van der Waals surface area (Å²) in [5.41, 5.74) is 6.79. The van der Waals surface area contributed by atoms with Gasteiger partial charge in [-0.05, 0) is 37.7 Å². The van der Waals surface area contributed by atoms with Gasteiger partial charge in [-0.2, -0.15) is 0 Å². The normalized spacial score (nSPS) is 13.0. The van der Waals surface area contributed by atoms with E-state index < -0.39 is 0 Å². The number of rotatable bonds is 7. The molecule has 0 aromatic heterocycles. The van der Waals surface area contributed by atoms with Crippen LogP contribution in [-0.4, -0.2) is 25.0 Å². The highest BCUT2D eigenvalue weighted by Crippen LogP contribution is 2.24. The van der Waals surface area contributed by atoms with Crippen molar-refractivity contribution in [1.29, 1.82) is 0 Å². The Balaban J connectivity index is 2.72. The third kappa shape index (κ3) is 4.23. The van der Waals surface area contributed by atoms with Gasteiger partial charge >= 0.3 is 0 Å². The number of likely N-dealkylation sites (N-methyl/N-ethyl adjacent to an activating group) is 1. The van der Waals surface area contributed by atoms with Crippen molar-refractivity contribution in [2.45, 2.75) is 32.2 Å². The molecule has 0 radical (unpaired) electrons. The molecule has 0 bridgehead atoms. The number of nitrogens with two attached hydrogens (primary N) is 1. The lowest BCUT2D eigenvalue weighted by molar-refractivity contribution is 0.245. The molecule has 2 nitrogen and oxygen atoms in total. The smallest absolute Gasteiger partial charge is 0.141 e. The SMILES string of the molecule is CCCCCN(C)C(CN)c1ccc(F)c(Cl)c1. The molecule has 0 amide bonds. The third-order valence-corrected chi connectivity index (χ3v) is 3.49. The minimum atomic E-state index is -0.384. The summed E-state index contributed by atoms with van der Waals surface area (Å²) < 4.78 is 13.1. The van der Waals surface area contributed by atoms with Gasteiger partial charge in [0.25, 0.3) is 0 Å². The minimum absolute atomic E-state index is 0.0972. The molecule has 1 aromatic rings. The van der Waals surface area contributed by atoms with Crippen LogP contribution in [0.4, 0.5) is 4.39 Å². The first-order valence-corrected chi connectivity index (χ1v) is 6.83. The zero-order chi connectivity index (χ0) is 13.5. The summed E-state index contributed by atoms with van der Waals surface area (Å²) in [7, 11) is 2.05. The molecule has 1 rings (SSSR count). The van der Waals surface area contributed by atoms with E-state index in [0.717, 1.165) is 18.5 Å². The maximum atomic E-state index is 13.1. The molecule has 1 atom stereocenters. The van der Waals surface area contributed by atoms with E-state index in [1.54, 1.807) is 12.1 Å². The second-order valence-corrected chi connectivity index (χ2v) is 5.02. The van der Waals surface area contributed by atoms with E-state index in [4.69, 9.17) is 17.3 Å². The number of hydrogen-bond donors (Lipinski definition) is 1. The Bertz CT molecular complexity index is 371. The van der Waals surface area contributed by atoms with Crippen molar-refractivity contribution in [1.82, 2.24) is 4.90 Å². The molecule has 4 heteroatoms. The van der Waals surface area contributed by atoms with Crippen molar-refractivity contribution in [3.05, 3.63) is 34.6 Å². The van der Waals surface area contributed by atoms with Gasteiger partial charge in [-0.25, -0.2) is 4.39 Å². The Morgan fingerprint density at radius 3 is 2.67 bits per heavy atom. The molecule has 0 fully saturated rings. The molecule has 0 aliphatic rings. The van der Waals surface area contributed by atoms with Crippen LogP contribution in [0.2, 0.25) is 5.02 Å². The Morgan fingerprint density at radius 1 is 1.39 bits per heavy atom. The highest BCUT2D eigenvalue weighted by atomic mass is 35.5. The average molecular weight is 273 g/mol. The van der Waals surface area contributed by atoms with Gasteiger partial charge < -0.3 is 5.73 Å². The summed E-state index contributed by atoms with van der Waals surface area (Å²) in [4.78, 5) is 2.21. The van der Waals surface area contributed by atoms with Crippen molar-refractivity contribution >= 4 is 11.6 Å². The van der Waals surface area contributed by atoms with Crippen LogP contribution >= 0.6 is 11.6 Å². The predicted molar refractivity (Wildman–Crippen MR) is 75.4 cm³/mol. The van der Waals surface area contributed by atoms with Gasteiger partial charge in [0.05, 0.1) is 5.02 Å². The van der Waals surface area contributed by atoms with E-state index in [-0.39, 0.29) is 16.9 Å². The fraction of sp³-hybridized carbons (Fsp3) is 0.571. The van der Waals surface area contributed by atoms with Crippen LogP contribution in [0.15, 0.2) is 18.2 Å². The van der Waals surface area contributed by atoms with Gasteiger partial charge in [0.15, 0.2) is 0 Å². The topological polar surface area (TPSA) is 29.3 Å². The summed E-state index contributed by atoms with van der Waals surface area (Å²) >= 11 is 5.81. The standard InChI is InChI=1S/C14H22ClFN2/c1-3-4-5-8-18(2)14(10-17)11-6-7-13(16)12(15)9-11/h6-7,9,14H,3-5,8,10,17H2,1-2H3. The summed E-state index contributed by atoms with van der Waals surface area (Å²) in [6.45, 7) is 3.68. The lowest BCUT2D eigenvalue weighted by Crippen LogP contribution is -2.31. The van der Waals surface area contributed by atoms with Crippen molar-refractivity contribution in [3.63, 3.8) is 0 Å². The molecule has 0 saturated carbocycles. The second kappa shape index (κ2) is 7.72. The fourth-order valence-corrected chi connectivity index (χ4v) is 2.25. The molecule has 0 heterocycles. The van der Waals surface area contributed by atoms with Crippen LogP contribution in [0.3, 0.4) is 0 Å². The lowest BCUT2D eigenvalue weighted by atomic mass is 10.1. The number of unbranched alkanes of at least 4 members (excludes halogenated alkanes) is 2. The number of hydrogen-bond acceptors (Lipinski definition) is 2. The molecule has 1 aromatic carbocycles. The Kier molecular flexibility index (Phi) is 6.61. The zero-order valence-electron chi connectivity index (χ0n) is 11.1. The van der Waals surface area contributed by atoms with Crippen molar-refractivity contribution in [2.24, 2.45) is 5.73 Å². The van der Waals surface area contributed by atoms with Crippen molar-refractivity contribution < 1.29 is 4.39 Å². The van der Waals surface area contributed by atoms with Crippen LogP contribution < -0.4 is 5.73 Å². The Morgan fingerprint density at radius 2 is 2.11 bits per heavy atom. The molecule has 0 spiro atoms. The Labute approximate surface area is 114 Å². The van der Waals surface area contributed by atoms with Gasteiger partial charge in [-0.1, -0.05) is 37.4 Å². The van der Waals surface area contributed by atoms with E-state index in [2.05, 4.69) is 11.8 Å². The molecule has 102 valence electrons. The van der Waals surface area contributed by atoms with Gasteiger partial charge in [0.1, 0.15) is 5.82 Å². The molecule has 1 unspecified atom stereocenters. The van der Waals surface area contributed by atoms with E-state index >= 15 is 0 Å². The van der Waals surface area contributed by atoms with E-state index in [0.29, 0.717) is 6.54 Å². The summed E-state index contributed by atoms with van der Waals surface area (Å²) in [5, 5.41) is 0.160. The molecule has 0 aliphatic carbocycles. The molecular weight excluding hydrogens is 251 g/mol. The molecular formula is C14H22ClFN2. The zero-order valence-corrected chi connectivity index (χ0v) is 11.9. The highest BCUT2D eigenvalue weighted by Gasteiger charge is 2.16. The quantitative estimate of drug-likeness (QED) is 0.769. The minimum Gasteiger partial charge on any atom is -0.329 e.